The van der Waals surface area contributed by atoms with Crippen molar-refractivity contribution in [3.8, 4) is 0 Å². The van der Waals surface area contributed by atoms with Gasteiger partial charge in [-0.3, -0.25) is 0 Å². The molecule has 2 N–H and O–H groups in total. The summed E-state index contributed by atoms with van der Waals surface area (Å²) in [5.74, 6) is 0. The van der Waals surface area contributed by atoms with E-state index in [0.717, 1.165) is 19.3 Å². The summed E-state index contributed by atoms with van der Waals surface area (Å²) in [6.07, 6.45) is 15.3. The van der Waals surface area contributed by atoms with Gasteiger partial charge in [-0.05, 0) is 30.4 Å². The molecule has 0 aliphatic heterocycles. The first-order chi connectivity index (χ1) is 13.2. The molecule has 1 heteroatoms. The van der Waals surface area contributed by atoms with E-state index in [9.17, 15) is 0 Å². The average molecular weight is 366 g/mol. The van der Waals surface area contributed by atoms with Crippen molar-refractivity contribution in [1.29, 1.82) is 0 Å². The van der Waals surface area contributed by atoms with Crippen LogP contribution in [0.1, 0.15) is 82.3 Å². The van der Waals surface area contributed by atoms with Crippen LogP contribution in [0.3, 0.4) is 0 Å². The topological polar surface area (TPSA) is 26.0 Å². The highest BCUT2D eigenvalue weighted by Gasteiger charge is 2.25. The lowest BCUT2D eigenvalue weighted by atomic mass is 9.81. The minimum absolute atomic E-state index is 0.149. The van der Waals surface area contributed by atoms with Crippen molar-refractivity contribution in [2.45, 2.75) is 89.5 Å². The van der Waals surface area contributed by atoms with Crippen LogP contribution >= 0.6 is 0 Å². The smallest absolute Gasteiger partial charge is 0.0235 e. The zero-order valence-corrected chi connectivity index (χ0v) is 17.3. The maximum atomic E-state index is 6.96. The SMILES string of the molecule is CCCCCCCCCCCC(N)(Cc1ccccc1)Cc1ccccc1. The van der Waals surface area contributed by atoms with Crippen molar-refractivity contribution in [2.75, 3.05) is 0 Å². The molecule has 0 aromatic heterocycles. The van der Waals surface area contributed by atoms with Crippen LogP contribution in [-0.4, -0.2) is 5.54 Å². The van der Waals surface area contributed by atoms with Gasteiger partial charge in [-0.25, -0.2) is 0 Å². The summed E-state index contributed by atoms with van der Waals surface area (Å²) in [5.41, 5.74) is 9.52. The second-order valence-electron chi connectivity index (χ2n) is 8.27. The van der Waals surface area contributed by atoms with E-state index in [1.165, 1.54) is 68.9 Å². The first-order valence-corrected chi connectivity index (χ1v) is 11.1. The number of unbranched alkanes of at least 4 members (excludes halogenated alkanes) is 8. The van der Waals surface area contributed by atoms with Gasteiger partial charge in [0.2, 0.25) is 0 Å². The van der Waals surface area contributed by atoms with Gasteiger partial charge in [0, 0.05) is 5.54 Å². The summed E-state index contributed by atoms with van der Waals surface area (Å²) >= 11 is 0. The number of rotatable bonds is 14. The fourth-order valence-corrected chi connectivity index (χ4v) is 4.03. The van der Waals surface area contributed by atoms with Crippen LogP contribution < -0.4 is 5.73 Å². The molecule has 2 aromatic rings. The minimum atomic E-state index is -0.149. The standard InChI is InChI=1S/C26H39N/c1-2-3-4-5-6-7-8-9-16-21-26(27,22-24-17-12-10-13-18-24)23-25-19-14-11-15-20-25/h10-15,17-20H,2-9,16,21-23,27H2,1H3. The summed E-state index contributed by atoms with van der Waals surface area (Å²) in [7, 11) is 0. The summed E-state index contributed by atoms with van der Waals surface area (Å²) in [5, 5.41) is 0. The van der Waals surface area contributed by atoms with Gasteiger partial charge >= 0.3 is 0 Å². The zero-order chi connectivity index (χ0) is 19.2. The Morgan fingerprint density at radius 3 is 1.44 bits per heavy atom. The largest absolute Gasteiger partial charge is 0.324 e. The van der Waals surface area contributed by atoms with Crippen LogP contribution in [0.15, 0.2) is 60.7 Å². The fraction of sp³-hybridized carbons (Fsp3) is 0.538. The van der Waals surface area contributed by atoms with E-state index >= 15 is 0 Å². The first kappa shape index (κ1) is 21.7. The van der Waals surface area contributed by atoms with E-state index in [1.807, 2.05) is 0 Å². The molecule has 0 atom stereocenters. The Labute approximate surface area is 167 Å². The highest BCUT2D eigenvalue weighted by atomic mass is 14.7. The molecule has 1 nitrogen and oxygen atoms in total. The van der Waals surface area contributed by atoms with Gasteiger partial charge < -0.3 is 5.73 Å². The summed E-state index contributed by atoms with van der Waals surface area (Å²) in [4.78, 5) is 0. The molecule has 0 bridgehead atoms. The second-order valence-corrected chi connectivity index (χ2v) is 8.27. The third-order valence-corrected chi connectivity index (χ3v) is 5.58. The van der Waals surface area contributed by atoms with E-state index in [2.05, 4.69) is 67.6 Å². The Morgan fingerprint density at radius 2 is 1.00 bits per heavy atom. The van der Waals surface area contributed by atoms with Crippen molar-refractivity contribution in [1.82, 2.24) is 0 Å². The quantitative estimate of drug-likeness (QED) is 0.355. The number of nitrogens with two attached hydrogens (primary N) is 1. The Morgan fingerprint density at radius 1 is 0.593 bits per heavy atom. The molecule has 0 saturated carbocycles. The van der Waals surface area contributed by atoms with Gasteiger partial charge in [0.25, 0.3) is 0 Å². The van der Waals surface area contributed by atoms with Gasteiger partial charge in [0.15, 0.2) is 0 Å². The van der Waals surface area contributed by atoms with Crippen molar-refractivity contribution in [3.63, 3.8) is 0 Å². The van der Waals surface area contributed by atoms with E-state index in [4.69, 9.17) is 5.73 Å². The third-order valence-electron chi connectivity index (χ3n) is 5.58. The Kier molecular flexibility index (Phi) is 10.2. The monoisotopic (exact) mass is 365 g/mol. The fourth-order valence-electron chi connectivity index (χ4n) is 4.03. The van der Waals surface area contributed by atoms with Crippen molar-refractivity contribution >= 4 is 0 Å². The van der Waals surface area contributed by atoms with E-state index in [1.54, 1.807) is 0 Å². The lowest BCUT2D eigenvalue weighted by molar-refractivity contribution is 0.367. The van der Waals surface area contributed by atoms with Gasteiger partial charge in [0.1, 0.15) is 0 Å². The molecule has 2 aromatic carbocycles. The summed E-state index contributed by atoms with van der Waals surface area (Å²) in [6, 6.07) is 21.5. The van der Waals surface area contributed by atoms with Crippen LogP contribution in [0.2, 0.25) is 0 Å². The van der Waals surface area contributed by atoms with Gasteiger partial charge in [-0.1, -0.05) is 125 Å². The van der Waals surface area contributed by atoms with Gasteiger partial charge in [-0.15, -0.1) is 0 Å². The molecule has 148 valence electrons. The molecule has 0 spiro atoms. The molecule has 0 amide bonds. The van der Waals surface area contributed by atoms with E-state index < -0.39 is 0 Å². The average Bonchev–Trinajstić information content (AvgIpc) is 2.68. The van der Waals surface area contributed by atoms with Crippen LogP contribution in [0, 0.1) is 0 Å². The zero-order valence-electron chi connectivity index (χ0n) is 17.3. The number of hydrogen-bond acceptors (Lipinski definition) is 1. The van der Waals surface area contributed by atoms with Crippen LogP contribution in [0.25, 0.3) is 0 Å². The van der Waals surface area contributed by atoms with Crippen molar-refractivity contribution in [2.24, 2.45) is 5.73 Å². The van der Waals surface area contributed by atoms with Crippen molar-refractivity contribution in [3.05, 3.63) is 71.8 Å². The summed E-state index contributed by atoms with van der Waals surface area (Å²) < 4.78 is 0. The minimum Gasteiger partial charge on any atom is -0.324 e. The van der Waals surface area contributed by atoms with Gasteiger partial charge in [-0.2, -0.15) is 0 Å². The Balaban J connectivity index is 1.79. The molecule has 0 fully saturated rings. The maximum absolute atomic E-state index is 6.96. The lowest BCUT2D eigenvalue weighted by Crippen LogP contribution is -2.44. The first-order valence-electron chi connectivity index (χ1n) is 11.1. The normalized spacial score (nSPS) is 11.6. The van der Waals surface area contributed by atoms with Crippen LogP contribution in [-0.2, 0) is 12.8 Å². The highest BCUT2D eigenvalue weighted by molar-refractivity contribution is 5.22. The van der Waals surface area contributed by atoms with Crippen molar-refractivity contribution < 1.29 is 0 Å². The number of benzene rings is 2. The summed E-state index contributed by atoms with van der Waals surface area (Å²) in [6.45, 7) is 2.28. The highest BCUT2D eigenvalue weighted by Crippen LogP contribution is 2.24. The molecule has 27 heavy (non-hydrogen) atoms. The molecule has 0 heterocycles. The lowest BCUT2D eigenvalue weighted by Gasteiger charge is -2.30. The molecular formula is C26H39N. The predicted octanol–water partition coefficient (Wildman–Crippen LogP) is 7.09. The molecule has 0 aliphatic rings. The van der Waals surface area contributed by atoms with Crippen LogP contribution in [0.4, 0.5) is 0 Å². The predicted molar refractivity (Wildman–Crippen MR) is 119 cm³/mol. The van der Waals surface area contributed by atoms with E-state index in [-0.39, 0.29) is 5.54 Å². The molecule has 0 unspecified atom stereocenters. The van der Waals surface area contributed by atoms with Gasteiger partial charge in [0.05, 0.1) is 0 Å². The van der Waals surface area contributed by atoms with E-state index in [0.29, 0.717) is 0 Å². The molecule has 0 saturated heterocycles. The third kappa shape index (κ3) is 9.24. The Bertz CT molecular complexity index is 549. The molecule has 0 radical (unpaired) electrons. The molecule has 0 aliphatic carbocycles. The Hall–Kier alpha value is -1.60. The number of hydrogen-bond donors (Lipinski definition) is 1. The maximum Gasteiger partial charge on any atom is 0.0235 e. The molecular weight excluding hydrogens is 326 g/mol. The van der Waals surface area contributed by atoms with Crippen LogP contribution in [0.5, 0.6) is 0 Å². The second kappa shape index (κ2) is 12.7. The molecule has 2 rings (SSSR count).